The summed E-state index contributed by atoms with van der Waals surface area (Å²) in [5.41, 5.74) is 1.09. The second kappa shape index (κ2) is 5.45. The third kappa shape index (κ3) is 2.48. The number of fused-ring (bicyclic) bond motifs is 1. The molecule has 0 saturated carbocycles. The number of nitro groups is 1. The highest BCUT2D eigenvalue weighted by Gasteiger charge is 2.20. The predicted molar refractivity (Wildman–Crippen MR) is 81.7 cm³/mol. The third-order valence-corrected chi connectivity index (χ3v) is 3.47. The number of rotatable bonds is 4. The topological polar surface area (TPSA) is 94.6 Å². The molecule has 114 valence electrons. The van der Waals surface area contributed by atoms with Crippen molar-refractivity contribution in [3.63, 3.8) is 0 Å². The van der Waals surface area contributed by atoms with Crippen LogP contribution in [0.1, 0.15) is 33.3 Å². The Balaban J connectivity index is 2.17. The van der Waals surface area contributed by atoms with Crippen LogP contribution in [-0.2, 0) is 0 Å². The Morgan fingerprint density at radius 3 is 2.65 bits per heavy atom. The zero-order valence-corrected chi connectivity index (χ0v) is 12.1. The fourth-order valence-electron chi connectivity index (χ4n) is 2.39. The first-order valence-corrected chi connectivity index (χ1v) is 6.76. The second-order valence-electron chi connectivity index (χ2n) is 4.96. The molecule has 7 nitrogen and oxygen atoms in total. The average molecular weight is 309 g/mol. The summed E-state index contributed by atoms with van der Waals surface area (Å²) in [6, 6.07) is 10.3. The maximum atomic E-state index is 12.7. The van der Waals surface area contributed by atoms with Crippen LogP contribution in [0.5, 0.6) is 0 Å². The van der Waals surface area contributed by atoms with Gasteiger partial charge >= 0.3 is 0 Å². The van der Waals surface area contributed by atoms with Crippen LogP contribution in [0.4, 0.5) is 5.69 Å². The number of nitrogens with zero attached hydrogens (tertiary/aromatic N) is 3. The molecule has 7 heteroatoms. The van der Waals surface area contributed by atoms with Gasteiger partial charge in [-0.05, 0) is 25.1 Å². The lowest BCUT2D eigenvalue weighted by Gasteiger charge is -2.01. The van der Waals surface area contributed by atoms with Crippen molar-refractivity contribution < 1.29 is 14.5 Å². The smallest absolute Gasteiger partial charge is 0.270 e. The molecule has 23 heavy (non-hydrogen) atoms. The minimum absolute atomic E-state index is 0.166. The minimum Gasteiger partial charge on any atom is -0.294 e. The minimum atomic E-state index is -0.563. The molecule has 0 N–H and O–H groups in total. The Labute approximate surface area is 130 Å². The maximum absolute atomic E-state index is 12.7. The Morgan fingerprint density at radius 1 is 1.17 bits per heavy atom. The van der Waals surface area contributed by atoms with Gasteiger partial charge in [-0.1, -0.05) is 12.1 Å². The number of nitro benzene ring substituents is 1. The van der Waals surface area contributed by atoms with Crippen LogP contribution in [0.15, 0.2) is 48.7 Å². The van der Waals surface area contributed by atoms with Gasteiger partial charge < -0.3 is 0 Å². The highest BCUT2D eigenvalue weighted by atomic mass is 16.6. The summed E-state index contributed by atoms with van der Waals surface area (Å²) in [6.45, 7) is 1.41. The molecule has 0 radical (unpaired) electrons. The van der Waals surface area contributed by atoms with Crippen molar-refractivity contribution in [2.24, 2.45) is 0 Å². The summed E-state index contributed by atoms with van der Waals surface area (Å²) in [7, 11) is 0. The molecule has 0 bridgehead atoms. The molecule has 0 fully saturated rings. The SMILES string of the molecule is CC(=O)c1cc(C(=O)c2cccc([N+](=O)[O-])c2)n2ncccc12. The molecule has 0 aliphatic heterocycles. The predicted octanol–water partition coefficient (Wildman–Crippen LogP) is 2.68. The molecule has 3 rings (SSSR count). The fourth-order valence-corrected chi connectivity index (χ4v) is 2.39. The number of hydrogen-bond donors (Lipinski definition) is 0. The molecule has 3 aromatic rings. The molecule has 0 saturated heterocycles. The van der Waals surface area contributed by atoms with Crippen molar-refractivity contribution in [3.8, 4) is 0 Å². The lowest BCUT2D eigenvalue weighted by Crippen LogP contribution is -2.07. The Hall–Kier alpha value is -3.35. The van der Waals surface area contributed by atoms with E-state index in [2.05, 4.69) is 5.10 Å². The van der Waals surface area contributed by atoms with Gasteiger partial charge in [-0.3, -0.25) is 19.7 Å². The summed E-state index contributed by atoms with van der Waals surface area (Å²) < 4.78 is 1.37. The van der Waals surface area contributed by atoms with Gasteiger partial charge in [0.1, 0.15) is 5.69 Å². The number of ketones is 2. The molecule has 0 unspecified atom stereocenters. The second-order valence-corrected chi connectivity index (χ2v) is 4.96. The highest BCUT2D eigenvalue weighted by molar-refractivity contribution is 6.12. The van der Waals surface area contributed by atoms with Gasteiger partial charge in [0.05, 0.1) is 10.4 Å². The third-order valence-electron chi connectivity index (χ3n) is 3.47. The van der Waals surface area contributed by atoms with E-state index in [9.17, 15) is 19.7 Å². The van der Waals surface area contributed by atoms with Gasteiger partial charge in [-0.25, -0.2) is 4.52 Å². The number of benzene rings is 1. The summed E-state index contributed by atoms with van der Waals surface area (Å²) in [4.78, 5) is 34.7. The normalized spacial score (nSPS) is 10.7. The van der Waals surface area contributed by atoms with E-state index < -0.39 is 10.7 Å². The highest BCUT2D eigenvalue weighted by Crippen LogP contribution is 2.21. The van der Waals surface area contributed by atoms with Gasteiger partial charge in [0.15, 0.2) is 5.78 Å². The molecule has 1 aromatic carbocycles. The lowest BCUT2D eigenvalue weighted by molar-refractivity contribution is -0.384. The zero-order chi connectivity index (χ0) is 16.6. The maximum Gasteiger partial charge on any atom is 0.270 e. The van der Waals surface area contributed by atoms with E-state index in [4.69, 9.17) is 0 Å². The van der Waals surface area contributed by atoms with Crippen LogP contribution >= 0.6 is 0 Å². The Bertz CT molecular complexity index is 959. The van der Waals surface area contributed by atoms with Crippen LogP contribution in [0, 0.1) is 10.1 Å². The van der Waals surface area contributed by atoms with E-state index in [1.54, 1.807) is 12.1 Å². The van der Waals surface area contributed by atoms with Crippen molar-refractivity contribution in [1.29, 1.82) is 0 Å². The molecule has 0 spiro atoms. The summed E-state index contributed by atoms with van der Waals surface area (Å²) in [6.07, 6.45) is 1.50. The molecular formula is C16H11N3O4. The van der Waals surface area contributed by atoms with Gasteiger partial charge in [-0.2, -0.15) is 5.10 Å². The van der Waals surface area contributed by atoms with E-state index in [-0.39, 0.29) is 22.7 Å². The number of aromatic nitrogens is 2. The van der Waals surface area contributed by atoms with E-state index >= 15 is 0 Å². The molecule has 2 heterocycles. The van der Waals surface area contributed by atoms with Gasteiger partial charge in [-0.15, -0.1) is 0 Å². The number of hydrogen-bond acceptors (Lipinski definition) is 5. The lowest BCUT2D eigenvalue weighted by atomic mass is 10.1. The molecule has 2 aromatic heterocycles. The molecule has 0 amide bonds. The standard InChI is InChI=1S/C16H11N3O4/c1-10(20)13-9-15(18-14(13)6-3-7-17-18)16(21)11-4-2-5-12(8-11)19(22)23/h2-9H,1H3. The van der Waals surface area contributed by atoms with E-state index in [1.807, 2.05) is 0 Å². The fraction of sp³-hybridized carbons (Fsp3) is 0.0625. The van der Waals surface area contributed by atoms with Gasteiger partial charge in [0, 0.05) is 29.5 Å². The van der Waals surface area contributed by atoms with Crippen molar-refractivity contribution in [2.45, 2.75) is 6.92 Å². The average Bonchev–Trinajstić information content (AvgIpc) is 2.94. The first-order chi connectivity index (χ1) is 11.0. The van der Waals surface area contributed by atoms with E-state index in [0.717, 1.165) is 0 Å². The van der Waals surface area contributed by atoms with E-state index in [1.165, 1.54) is 48.0 Å². The van der Waals surface area contributed by atoms with Gasteiger partial charge in [0.25, 0.3) is 5.69 Å². The van der Waals surface area contributed by atoms with Crippen molar-refractivity contribution >= 4 is 22.8 Å². The van der Waals surface area contributed by atoms with Crippen molar-refractivity contribution in [1.82, 2.24) is 9.61 Å². The molecule has 0 atom stereocenters. The van der Waals surface area contributed by atoms with Crippen LogP contribution < -0.4 is 0 Å². The number of carbonyl (C=O) groups excluding carboxylic acids is 2. The van der Waals surface area contributed by atoms with Crippen LogP contribution in [0.2, 0.25) is 0 Å². The van der Waals surface area contributed by atoms with Crippen LogP contribution in [-0.4, -0.2) is 26.1 Å². The number of carbonyl (C=O) groups is 2. The molecular weight excluding hydrogens is 298 g/mol. The Morgan fingerprint density at radius 2 is 1.96 bits per heavy atom. The molecule has 0 aliphatic carbocycles. The monoisotopic (exact) mass is 309 g/mol. The summed E-state index contributed by atoms with van der Waals surface area (Å²) >= 11 is 0. The summed E-state index contributed by atoms with van der Waals surface area (Å²) in [5, 5.41) is 14.9. The first-order valence-electron chi connectivity index (χ1n) is 6.76. The number of Topliss-reactive ketones (excluding diaryl/α,β-unsaturated/α-hetero) is 1. The largest absolute Gasteiger partial charge is 0.294 e. The van der Waals surface area contributed by atoms with Crippen molar-refractivity contribution in [2.75, 3.05) is 0 Å². The Kier molecular flexibility index (Phi) is 3.46. The zero-order valence-electron chi connectivity index (χ0n) is 12.1. The van der Waals surface area contributed by atoms with Crippen LogP contribution in [0.3, 0.4) is 0 Å². The summed E-state index contributed by atoms with van der Waals surface area (Å²) in [5.74, 6) is -0.622. The molecule has 0 aliphatic rings. The van der Waals surface area contributed by atoms with E-state index in [0.29, 0.717) is 11.1 Å². The van der Waals surface area contributed by atoms with Crippen molar-refractivity contribution in [3.05, 3.63) is 75.6 Å². The van der Waals surface area contributed by atoms with Gasteiger partial charge in [0.2, 0.25) is 5.78 Å². The van der Waals surface area contributed by atoms with Crippen LogP contribution in [0.25, 0.3) is 5.52 Å². The number of non-ortho nitro benzene ring substituents is 1. The first kappa shape index (κ1) is 14.6. The quantitative estimate of drug-likeness (QED) is 0.419.